The molecule has 1 atom stereocenters. The number of carbonyl (C=O) groups is 1. The number of carbonyl (C=O) groups excluding carboxylic acids is 1. The van der Waals surface area contributed by atoms with E-state index in [0.717, 1.165) is 22.4 Å². The van der Waals surface area contributed by atoms with Crippen LogP contribution in [0, 0.1) is 13.8 Å². The van der Waals surface area contributed by atoms with E-state index >= 15 is 0 Å². The summed E-state index contributed by atoms with van der Waals surface area (Å²) in [7, 11) is 0. The smallest absolute Gasteiger partial charge is 0.244 e. The number of halogens is 1. The lowest BCUT2D eigenvalue weighted by molar-refractivity contribution is -0.118. The zero-order chi connectivity index (χ0) is 14.7. The molecule has 0 aromatic heterocycles. The molecule has 3 nitrogen and oxygen atoms in total. The SMILES string of the molecule is Cc1cccc(NC(C(N)=O)c2ccc(Cl)cc2C)c1. The Morgan fingerprint density at radius 1 is 1.20 bits per heavy atom. The highest BCUT2D eigenvalue weighted by Gasteiger charge is 2.19. The summed E-state index contributed by atoms with van der Waals surface area (Å²) in [6.45, 7) is 3.91. The predicted molar refractivity (Wildman–Crippen MR) is 82.9 cm³/mol. The average molecular weight is 289 g/mol. The Morgan fingerprint density at radius 3 is 2.55 bits per heavy atom. The first-order chi connectivity index (χ1) is 9.47. The van der Waals surface area contributed by atoms with Crippen LogP contribution in [0.2, 0.25) is 5.02 Å². The van der Waals surface area contributed by atoms with Gasteiger partial charge in [-0.15, -0.1) is 0 Å². The molecule has 2 rings (SSSR count). The second-order valence-corrected chi connectivity index (χ2v) is 5.29. The van der Waals surface area contributed by atoms with Gasteiger partial charge in [0, 0.05) is 10.7 Å². The molecule has 2 aromatic carbocycles. The van der Waals surface area contributed by atoms with Crippen LogP contribution in [-0.4, -0.2) is 5.91 Å². The zero-order valence-electron chi connectivity index (χ0n) is 11.5. The molecule has 0 aliphatic heterocycles. The average Bonchev–Trinajstić information content (AvgIpc) is 2.36. The minimum absolute atomic E-state index is 0.420. The van der Waals surface area contributed by atoms with Gasteiger partial charge in [0.1, 0.15) is 6.04 Å². The third-order valence-electron chi connectivity index (χ3n) is 3.16. The summed E-state index contributed by atoms with van der Waals surface area (Å²) in [6.07, 6.45) is 0. The molecule has 0 bridgehead atoms. The lowest BCUT2D eigenvalue weighted by Crippen LogP contribution is -2.28. The van der Waals surface area contributed by atoms with Crippen LogP contribution in [0.1, 0.15) is 22.7 Å². The minimum atomic E-state index is -0.575. The topological polar surface area (TPSA) is 55.1 Å². The number of nitrogens with two attached hydrogens (primary N) is 1. The van der Waals surface area contributed by atoms with Crippen molar-refractivity contribution in [2.24, 2.45) is 5.73 Å². The molecule has 0 aliphatic carbocycles. The summed E-state index contributed by atoms with van der Waals surface area (Å²) in [5.74, 6) is -0.420. The highest BCUT2D eigenvalue weighted by Crippen LogP contribution is 2.25. The Hall–Kier alpha value is -2.00. The van der Waals surface area contributed by atoms with Gasteiger partial charge in [0.15, 0.2) is 0 Å². The molecular formula is C16H17ClN2O. The number of rotatable bonds is 4. The molecule has 104 valence electrons. The minimum Gasteiger partial charge on any atom is -0.370 e. The van der Waals surface area contributed by atoms with Crippen molar-refractivity contribution in [2.75, 3.05) is 5.32 Å². The third kappa shape index (κ3) is 3.31. The maximum Gasteiger partial charge on any atom is 0.244 e. The first-order valence-corrected chi connectivity index (χ1v) is 6.74. The second kappa shape index (κ2) is 5.97. The Morgan fingerprint density at radius 2 is 1.95 bits per heavy atom. The molecule has 1 unspecified atom stereocenters. The molecule has 3 N–H and O–H groups in total. The van der Waals surface area contributed by atoms with Crippen molar-refractivity contribution in [2.45, 2.75) is 19.9 Å². The van der Waals surface area contributed by atoms with E-state index in [4.69, 9.17) is 17.3 Å². The third-order valence-corrected chi connectivity index (χ3v) is 3.39. The Balaban J connectivity index is 2.34. The fraction of sp³-hybridized carbons (Fsp3) is 0.188. The first kappa shape index (κ1) is 14.4. The van der Waals surface area contributed by atoms with E-state index in [1.807, 2.05) is 50.2 Å². The predicted octanol–water partition coefficient (Wildman–Crippen LogP) is 3.60. The van der Waals surface area contributed by atoms with Crippen molar-refractivity contribution in [1.82, 2.24) is 0 Å². The molecule has 0 saturated carbocycles. The highest BCUT2D eigenvalue weighted by atomic mass is 35.5. The number of primary amides is 1. The molecule has 0 heterocycles. The van der Waals surface area contributed by atoms with Crippen molar-refractivity contribution in [3.05, 3.63) is 64.2 Å². The Labute approximate surface area is 123 Å². The van der Waals surface area contributed by atoms with Gasteiger partial charge in [-0.05, 0) is 54.8 Å². The number of nitrogens with one attached hydrogen (secondary N) is 1. The summed E-state index contributed by atoms with van der Waals surface area (Å²) in [6, 6.07) is 12.7. The van der Waals surface area contributed by atoms with E-state index in [0.29, 0.717) is 5.02 Å². The first-order valence-electron chi connectivity index (χ1n) is 6.36. The van der Waals surface area contributed by atoms with Crippen LogP contribution in [0.5, 0.6) is 0 Å². The number of benzene rings is 2. The van der Waals surface area contributed by atoms with Crippen LogP contribution in [0.3, 0.4) is 0 Å². The Bertz CT molecular complexity index is 640. The summed E-state index contributed by atoms with van der Waals surface area (Å²) in [5.41, 5.74) is 9.28. The van der Waals surface area contributed by atoms with Gasteiger partial charge in [-0.1, -0.05) is 29.8 Å². The molecular weight excluding hydrogens is 272 g/mol. The van der Waals surface area contributed by atoms with Gasteiger partial charge in [0.05, 0.1) is 0 Å². The lowest BCUT2D eigenvalue weighted by atomic mass is 10.0. The van der Waals surface area contributed by atoms with Crippen molar-refractivity contribution in [3.63, 3.8) is 0 Å². The standard InChI is InChI=1S/C16H17ClN2O/c1-10-4-3-5-13(8-10)19-15(16(18)20)14-7-6-12(17)9-11(14)2/h3-9,15,19H,1-2H3,(H2,18,20). The normalized spacial score (nSPS) is 11.9. The fourth-order valence-electron chi connectivity index (χ4n) is 2.17. The summed E-state index contributed by atoms with van der Waals surface area (Å²) >= 11 is 5.95. The zero-order valence-corrected chi connectivity index (χ0v) is 12.2. The number of hydrogen-bond acceptors (Lipinski definition) is 2. The number of hydrogen-bond donors (Lipinski definition) is 2. The van der Waals surface area contributed by atoms with Gasteiger partial charge in [0.25, 0.3) is 0 Å². The van der Waals surface area contributed by atoms with Gasteiger partial charge in [0.2, 0.25) is 5.91 Å². The lowest BCUT2D eigenvalue weighted by Gasteiger charge is -2.19. The van der Waals surface area contributed by atoms with E-state index in [-0.39, 0.29) is 0 Å². The van der Waals surface area contributed by atoms with Crippen LogP contribution in [0.15, 0.2) is 42.5 Å². The second-order valence-electron chi connectivity index (χ2n) is 4.85. The molecule has 0 saturated heterocycles. The molecule has 0 fully saturated rings. The van der Waals surface area contributed by atoms with E-state index < -0.39 is 11.9 Å². The number of anilines is 1. The van der Waals surface area contributed by atoms with Gasteiger partial charge < -0.3 is 11.1 Å². The quantitative estimate of drug-likeness (QED) is 0.903. The summed E-state index contributed by atoms with van der Waals surface area (Å²) in [4.78, 5) is 11.8. The van der Waals surface area contributed by atoms with E-state index in [1.54, 1.807) is 6.07 Å². The van der Waals surface area contributed by atoms with E-state index in [2.05, 4.69) is 5.32 Å². The van der Waals surface area contributed by atoms with Crippen molar-refractivity contribution >= 4 is 23.2 Å². The van der Waals surface area contributed by atoms with Gasteiger partial charge in [-0.3, -0.25) is 4.79 Å². The number of amides is 1. The van der Waals surface area contributed by atoms with E-state index in [9.17, 15) is 4.79 Å². The molecule has 2 aromatic rings. The molecule has 20 heavy (non-hydrogen) atoms. The van der Waals surface area contributed by atoms with Crippen LogP contribution in [-0.2, 0) is 4.79 Å². The van der Waals surface area contributed by atoms with Crippen LogP contribution in [0.4, 0.5) is 5.69 Å². The molecule has 0 aliphatic rings. The highest BCUT2D eigenvalue weighted by molar-refractivity contribution is 6.30. The van der Waals surface area contributed by atoms with Crippen LogP contribution >= 0.6 is 11.6 Å². The van der Waals surface area contributed by atoms with Gasteiger partial charge in [-0.25, -0.2) is 0 Å². The van der Waals surface area contributed by atoms with Gasteiger partial charge in [-0.2, -0.15) is 0 Å². The summed E-state index contributed by atoms with van der Waals surface area (Å²) < 4.78 is 0. The number of aryl methyl sites for hydroxylation is 2. The fourth-order valence-corrected chi connectivity index (χ4v) is 2.39. The Kier molecular flexibility index (Phi) is 4.30. The maximum atomic E-state index is 11.8. The maximum absolute atomic E-state index is 11.8. The largest absolute Gasteiger partial charge is 0.370 e. The van der Waals surface area contributed by atoms with Crippen molar-refractivity contribution in [3.8, 4) is 0 Å². The summed E-state index contributed by atoms with van der Waals surface area (Å²) in [5, 5.41) is 3.82. The van der Waals surface area contributed by atoms with Crippen molar-refractivity contribution < 1.29 is 4.79 Å². The monoisotopic (exact) mass is 288 g/mol. The molecule has 1 amide bonds. The molecule has 0 spiro atoms. The van der Waals surface area contributed by atoms with Crippen molar-refractivity contribution in [1.29, 1.82) is 0 Å². The molecule has 0 radical (unpaired) electrons. The molecule has 4 heteroatoms. The van der Waals surface area contributed by atoms with E-state index in [1.165, 1.54) is 0 Å². The van der Waals surface area contributed by atoms with Gasteiger partial charge >= 0.3 is 0 Å². The van der Waals surface area contributed by atoms with Crippen LogP contribution in [0.25, 0.3) is 0 Å². The van der Waals surface area contributed by atoms with Crippen LogP contribution < -0.4 is 11.1 Å².